The van der Waals surface area contributed by atoms with Crippen LogP contribution in [-0.4, -0.2) is 49.6 Å². The summed E-state index contributed by atoms with van der Waals surface area (Å²) in [5.41, 5.74) is 0. The van der Waals surface area contributed by atoms with Crippen molar-refractivity contribution in [2.75, 3.05) is 26.3 Å². The lowest BCUT2D eigenvalue weighted by molar-refractivity contribution is -0.201. The number of hydrogen-bond donors (Lipinski definition) is 0. The Kier molecular flexibility index (Phi) is 5.16. The van der Waals surface area contributed by atoms with E-state index < -0.39 is 18.0 Å². The van der Waals surface area contributed by atoms with Gasteiger partial charge in [0.1, 0.15) is 0 Å². The highest BCUT2D eigenvalue weighted by molar-refractivity contribution is 5.79. The second-order valence-electron chi connectivity index (χ2n) is 6.81. The molecule has 2 heterocycles. The molecule has 0 aromatic rings. The van der Waals surface area contributed by atoms with Crippen molar-refractivity contribution in [3.8, 4) is 0 Å². The second-order valence-corrected chi connectivity index (χ2v) is 6.81. The number of rotatable bonds is 2. The van der Waals surface area contributed by atoms with E-state index in [-0.39, 0.29) is 24.5 Å². The summed E-state index contributed by atoms with van der Waals surface area (Å²) in [7, 11) is 0. The number of likely N-dealkylation sites (tertiary alicyclic amines) is 1. The first-order valence-corrected chi connectivity index (χ1v) is 8.55. The zero-order chi connectivity index (χ0) is 16.4. The number of ether oxygens (including phenoxy) is 2. The van der Waals surface area contributed by atoms with E-state index in [9.17, 15) is 18.0 Å². The molecule has 23 heavy (non-hydrogen) atoms. The normalized spacial score (nSPS) is 31.5. The molecule has 2 saturated heterocycles. The minimum atomic E-state index is -4.27. The molecule has 1 saturated carbocycles. The number of piperidine rings is 1. The van der Waals surface area contributed by atoms with Gasteiger partial charge in [0.05, 0.1) is 19.1 Å². The lowest BCUT2D eigenvalue weighted by Crippen LogP contribution is -2.48. The summed E-state index contributed by atoms with van der Waals surface area (Å²) in [5.74, 6) is -2.42. The number of amides is 1. The highest BCUT2D eigenvalue weighted by Crippen LogP contribution is 2.42. The number of alkyl halides is 3. The zero-order valence-electron chi connectivity index (χ0n) is 13.2. The Bertz CT molecular complexity index is 415. The largest absolute Gasteiger partial charge is 0.392 e. The maximum absolute atomic E-state index is 13.2. The highest BCUT2D eigenvalue weighted by atomic mass is 19.4. The molecule has 132 valence electrons. The van der Waals surface area contributed by atoms with Gasteiger partial charge in [-0.05, 0) is 25.7 Å². The van der Waals surface area contributed by atoms with Crippen LogP contribution in [0.15, 0.2) is 0 Å². The van der Waals surface area contributed by atoms with Gasteiger partial charge in [0.2, 0.25) is 5.91 Å². The van der Waals surface area contributed by atoms with E-state index in [2.05, 4.69) is 0 Å². The third-order valence-electron chi connectivity index (χ3n) is 5.39. The topological polar surface area (TPSA) is 38.8 Å². The summed E-state index contributed by atoms with van der Waals surface area (Å²) in [5, 5.41) is 0. The van der Waals surface area contributed by atoms with Crippen LogP contribution in [0.25, 0.3) is 0 Å². The molecule has 4 nitrogen and oxygen atoms in total. The van der Waals surface area contributed by atoms with Crippen molar-refractivity contribution >= 4 is 5.91 Å². The molecule has 2 aliphatic heterocycles. The van der Waals surface area contributed by atoms with Gasteiger partial charge in [-0.25, -0.2) is 0 Å². The van der Waals surface area contributed by atoms with Crippen molar-refractivity contribution in [1.29, 1.82) is 0 Å². The third kappa shape index (κ3) is 3.82. The number of hydrogen-bond acceptors (Lipinski definition) is 3. The van der Waals surface area contributed by atoms with Crippen LogP contribution in [0.4, 0.5) is 13.2 Å². The minimum Gasteiger partial charge on any atom is -0.350 e. The molecule has 2 unspecified atom stereocenters. The third-order valence-corrected chi connectivity index (χ3v) is 5.39. The van der Waals surface area contributed by atoms with E-state index in [1.807, 2.05) is 0 Å². The van der Waals surface area contributed by atoms with Crippen molar-refractivity contribution in [1.82, 2.24) is 4.90 Å². The maximum Gasteiger partial charge on any atom is 0.392 e. The van der Waals surface area contributed by atoms with E-state index in [1.165, 1.54) is 0 Å². The van der Waals surface area contributed by atoms with Crippen LogP contribution < -0.4 is 0 Å². The molecule has 7 heteroatoms. The fourth-order valence-corrected chi connectivity index (χ4v) is 4.09. The standard InChI is InChI=1S/C16H24F3NO3/c17-16(18,19)13-4-2-1-3-12(13)14(21)20-7-5-11(6-8-20)15-22-9-10-23-15/h11-13,15H,1-10H2. The van der Waals surface area contributed by atoms with E-state index in [1.54, 1.807) is 4.90 Å². The van der Waals surface area contributed by atoms with Gasteiger partial charge in [0, 0.05) is 24.9 Å². The van der Waals surface area contributed by atoms with Crippen LogP contribution in [-0.2, 0) is 14.3 Å². The number of nitrogens with zero attached hydrogens (tertiary/aromatic N) is 1. The molecular formula is C16H24F3NO3. The Balaban J connectivity index is 1.57. The fourth-order valence-electron chi connectivity index (χ4n) is 4.09. The van der Waals surface area contributed by atoms with Gasteiger partial charge in [-0.1, -0.05) is 12.8 Å². The summed E-state index contributed by atoms with van der Waals surface area (Å²) in [6.45, 7) is 2.21. The number of carbonyl (C=O) groups is 1. The van der Waals surface area contributed by atoms with Crippen molar-refractivity contribution in [2.45, 2.75) is 51.0 Å². The average Bonchev–Trinajstić information content (AvgIpc) is 3.08. The Morgan fingerprint density at radius 2 is 1.57 bits per heavy atom. The van der Waals surface area contributed by atoms with Crippen LogP contribution in [0, 0.1) is 17.8 Å². The molecule has 0 bridgehead atoms. The van der Waals surface area contributed by atoms with Gasteiger partial charge in [0.15, 0.2) is 6.29 Å². The smallest absolute Gasteiger partial charge is 0.350 e. The average molecular weight is 335 g/mol. The molecule has 0 spiro atoms. The molecule has 3 rings (SSSR count). The lowest BCUT2D eigenvalue weighted by Gasteiger charge is -2.39. The van der Waals surface area contributed by atoms with Crippen molar-refractivity contribution in [3.05, 3.63) is 0 Å². The van der Waals surface area contributed by atoms with Gasteiger partial charge < -0.3 is 14.4 Å². The molecule has 3 aliphatic rings. The first kappa shape index (κ1) is 17.0. The molecule has 1 amide bonds. The van der Waals surface area contributed by atoms with Crippen molar-refractivity contribution in [2.24, 2.45) is 17.8 Å². The Morgan fingerprint density at radius 3 is 2.17 bits per heavy atom. The number of halogens is 3. The molecular weight excluding hydrogens is 311 g/mol. The van der Waals surface area contributed by atoms with Crippen LogP contribution in [0.3, 0.4) is 0 Å². The molecule has 2 atom stereocenters. The van der Waals surface area contributed by atoms with Crippen molar-refractivity contribution < 1.29 is 27.4 Å². The summed E-state index contributed by atoms with van der Waals surface area (Å²) in [6, 6.07) is 0. The predicted octanol–water partition coefficient (Wildman–Crippen LogP) is 2.97. The zero-order valence-corrected chi connectivity index (χ0v) is 13.2. The summed E-state index contributed by atoms with van der Waals surface area (Å²) in [4.78, 5) is 14.2. The van der Waals surface area contributed by atoms with Crippen LogP contribution in [0.2, 0.25) is 0 Å². The van der Waals surface area contributed by atoms with Crippen LogP contribution in [0.1, 0.15) is 38.5 Å². The predicted molar refractivity (Wildman–Crippen MR) is 76.5 cm³/mol. The van der Waals surface area contributed by atoms with E-state index in [0.717, 1.165) is 12.8 Å². The van der Waals surface area contributed by atoms with E-state index >= 15 is 0 Å². The molecule has 0 aromatic carbocycles. The summed E-state index contributed by atoms with van der Waals surface area (Å²) in [6.07, 6.45) is -1.29. The van der Waals surface area contributed by atoms with E-state index in [4.69, 9.17) is 9.47 Å². The maximum atomic E-state index is 13.2. The summed E-state index contributed by atoms with van der Waals surface area (Å²) >= 11 is 0. The van der Waals surface area contributed by atoms with E-state index in [0.29, 0.717) is 45.6 Å². The van der Waals surface area contributed by atoms with Gasteiger partial charge in [-0.2, -0.15) is 13.2 Å². The lowest BCUT2D eigenvalue weighted by atomic mass is 9.77. The second kappa shape index (κ2) is 6.97. The SMILES string of the molecule is O=C(C1CCCCC1C(F)(F)F)N1CCC(C2OCCO2)CC1. The van der Waals surface area contributed by atoms with Gasteiger partial charge in [-0.15, -0.1) is 0 Å². The Labute approximate surface area is 134 Å². The molecule has 0 aromatic heterocycles. The van der Waals surface area contributed by atoms with Crippen LogP contribution >= 0.6 is 0 Å². The molecule has 1 aliphatic carbocycles. The first-order valence-electron chi connectivity index (χ1n) is 8.55. The van der Waals surface area contributed by atoms with Gasteiger partial charge in [-0.3, -0.25) is 4.79 Å². The molecule has 0 N–H and O–H groups in total. The molecule has 3 fully saturated rings. The van der Waals surface area contributed by atoms with Crippen molar-refractivity contribution in [3.63, 3.8) is 0 Å². The number of carbonyl (C=O) groups excluding carboxylic acids is 1. The quantitative estimate of drug-likeness (QED) is 0.779. The monoisotopic (exact) mass is 335 g/mol. The highest BCUT2D eigenvalue weighted by Gasteiger charge is 2.49. The first-order chi connectivity index (χ1) is 11.0. The Morgan fingerprint density at radius 1 is 0.957 bits per heavy atom. The summed E-state index contributed by atoms with van der Waals surface area (Å²) < 4.78 is 50.5. The Hall–Kier alpha value is -0.820. The van der Waals surface area contributed by atoms with Gasteiger partial charge in [0.25, 0.3) is 0 Å². The van der Waals surface area contributed by atoms with Gasteiger partial charge >= 0.3 is 6.18 Å². The van der Waals surface area contributed by atoms with Crippen LogP contribution in [0.5, 0.6) is 0 Å². The molecule has 0 radical (unpaired) electrons. The minimum absolute atomic E-state index is 0.0835. The fraction of sp³-hybridized carbons (Fsp3) is 0.938.